The van der Waals surface area contributed by atoms with Crippen molar-refractivity contribution in [2.24, 2.45) is 28.6 Å². The van der Waals surface area contributed by atoms with Crippen molar-refractivity contribution in [1.29, 1.82) is 0 Å². The predicted molar refractivity (Wildman–Crippen MR) is 108 cm³/mol. The van der Waals surface area contributed by atoms with Gasteiger partial charge in [0, 0.05) is 10.8 Å². The summed E-state index contributed by atoms with van der Waals surface area (Å²) >= 11 is 13.2. The topological polar surface area (TPSA) is 74.6 Å². The second-order valence-electron chi connectivity index (χ2n) is 9.72. The van der Waals surface area contributed by atoms with E-state index in [4.69, 9.17) is 23.2 Å². The summed E-state index contributed by atoms with van der Waals surface area (Å²) in [7, 11) is 0. The SMILES string of the molecule is C[C@@H]1C[C@H]2[C@@H]3CCC4=CC(=O)C=CC4(C)[C@@]3(Cl)[C@@H](O)C[C@]2(C)[C@@]1(O)C(=O)CCl. The van der Waals surface area contributed by atoms with Crippen LogP contribution in [0.1, 0.15) is 46.5 Å². The highest BCUT2D eigenvalue weighted by molar-refractivity contribution is 6.29. The lowest BCUT2D eigenvalue weighted by atomic mass is 9.45. The molecule has 0 saturated heterocycles. The fourth-order valence-electron chi connectivity index (χ4n) is 7.24. The van der Waals surface area contributed by atoms with Crippen molar-refractivity contribution in [3.8, 4) is 0 Å². The molecule has 0 aromatic rings. The lowest BCUT2D eigenvalue weighted by molar-refractivity contribution is -0.175. The van der Waals surface area contributed by atoms with Gasteiger partial charge in [0.25, 0.3) is 0 Å². The molecular weight excluding hydrogens is 399 g/mol. The molecular formula is C22H28Cl2O4. The smallest absolute Gasteiger partial charge is 0.179 e. The van der Waals surface area contributed by atoms with Crippen LogP contribution in [0.4, 0.5) is 0 Å². The van der Waals surface area contributed by atoms with Crippen molar-refractivity contribution < 1.29 is 19.8 Å². The van der Waals surface area contributed by atoms with Crippen molar-refractivity contribution >= 4 is 34.8 Å². The van der Waals surface area contributed by atoms with Crippen LogP contribution >= 0.6 is 23.2 Å². The average molecular weight is 427 g/mol. The third-order valence-electron chi connectivity index (χ3n) is 8.77. The molecule has 3 fully saturated rings. The third-order valence-corrected chi connectivity index (χ3v) is 9.94. The Kier molecular flexibility index (Phi) is 4.53. The van der Waals surface area contributed by atoms with E-state index in [1.165, 1.54) is 0 Å². The van der Waals surface area contributed by atoms with Crippen LogP contribution in [-0.2, 0) is 9.59 Å². The zero-order chi connectivity index (χ0) is 20.7. The molecule has 0 heterocycles. The van der Waals surface area contributed by atoms with Crippen LogP contribution < -0.4 is 0 Å². The summed E-state index contributed by atoms with van der Waals surface area (Å²) in [6.45, 7) is 5.81. The monoisotopic (exact) mass is 426 g/mol. The molecule has 0 amide bonds. The molecule has 28 heavy (non-hydrogen) atoms. The maximum atomic E-state index is 12.7. The Morgan fingerprint density at radius 2 is 2.00 bits per heavy atom. The van der Waals surface area contributed by atoms with Gasteiger partial charge >= 0.3 is 0 Å². The number of aliphatic hydroxyl groups is 2. The van der Waals surface area contributed by atoms with E-state index in [-0.39, 0.29) is 41.6 Å². The van der Waals surface area contributed by atoms with E-state index < -0.39 is 27.4 Å². The minimum atomic E-state index is -1.56. The number of halogens is 2. The van der Waals surface area contributed by atoms with Gasteiger partial charge in [0.05, 0.1) is 16.9 Å². The molecule has 0 spiro atoms. The number of Topliss-reactive ketones (excluding diaryl/α,β-unsaturated/α-hetero) is 1. The molecule has 0 aliphatic heterocycles. The maximum absolute atomic E-state index is 12.7. The molecule has 3 saturated carbocycles. The Morgan fingerprint density at radius 3 is 2.64 bits per heavy atom. The first-order chi connectivity index (χ1) is 13.0. The number of fused-ring (bicyclic) bond motifs is 5. The lowest BCUT2D eigenvalue weighted by Gasteiger charge is -2.63. The fraction of sp³-hybridized carbons (Fsp3) is 0.727. The Labute approximate surface area is 176 Å². The number of hydrogen-bond acceptors (Lipinski definition) is 4. The van der Waals surface area contributed by atoms with Crippen LogP contribution in [0.5, 0.6) is 0 Å². The predicted octanol–water partition coefficient (Wildman–Crippen LogP) is 3.41. The van der Waals surface area contributed by atoms with Gasteiger partial charge in [-0.25, -0.2) is 0 Å². The molecule has 8 atom stereocenters. The Hall–Kier alpha value is -0.680. The number of alkyl halides is 2. The minimum absolute atomic E-state index is 0.00929. The third kappa shape index (κ3) is 2.16. The molecule has 0 aromatic heterocycles. The normalized spacial score (nSPS) is 52.5. The van der Waals surface area contributed by atoms with Crippen LogP contribution in [0.15, 0.2) is 23.8 Å². The van der Waals surface area contributed by atoms with Gasteiger partial charge in [-0.2, -0.15) is 0 Å². The minimum Gasteiger partial charge on any atom is -0.391 e. The second kappa shape index (κ2) is 6.16. The summed E-state index contributed by atoms with van der Waals surface area (Å²) in [6.07, 6.45) is 6.47. The van der Waals surface area contributed by atoms with E-state index in [1.54, 1.807) is 12.2 Å². The quantitative estimate of drug-likeness (QED) is 0.663. The van der Waals surface area contributed by atoms with Crippen LogP contribution in [0.3, 0.4) is 0 Å². The van der Waals surface area contributed by atoms with Crippen molar-refractivity contribution in [2.45, 2.75) is 63.0 Å². The Balaban J connectivity index is 1.84. The first-order valence-electron chi connectivity index (χ1n) is 10.1. The zero-order valence-electron chi connectivity index (χ0n) is 16.5. The highest BCUT2D eigenvalue weighted by Gasteiger charge is 2.74. The average Bonchev–Trinajstić information content (AvgIpc) is 2.84. The molecule has 4 aliphatic carbocycles. The summed E-state index contributed by atoms with van der Waals surface area (Å²) in [6, 6.07) is 0. The Bertz CT molecular complexity index is 806. The second-order valence-corrected chi connectivity index (χ2v) is 10.6. The van der Waals surface area contributed by atoms with Crippen molar-refractivity contribution in [3.05, 3.63) is 23.8 Å². The van der Waals surface area contributed by atoms with E-state index in [9.17, 15) is 19.8 Å². The number of allylic oxidation sites excluding steroid dienone is 4. The number of carbonyl (C=O) groups is 2. The summed E-state index contributed by atoms with van der Waals surface area (Å²) in [5.74, 6) is -1.00. The van der Waals surface area contributed by atoms with Gasteiger partial charge in [0.15, 0.2) is 11.6 Å². The van der Waals surface area contributed by atoms with Gasteiger partial charge < -0.3 is 10.2 Å². The number of rotatable bonds is 2. The van der Waals surface area contributed by atoms with Crippen LogP contribution in [-0.4, -0.2) is 44.2 Å². The van der Waals surface area contributed by atoms with Crippen molar-refractivity contribution in [2.75, 3.05) is 5.88 Å². The Morgan fingerprint density at radius 1 is 1.32 bits per heavy atom. The van der Waals surface area contributed by atoms with Gasteiger partial charge in [-0.1, -0.05) is 32.4 Å². The summed E-state index contributed by atoms with van der Waals surface area (Å²) in [4.78, 5) is 23.7. The van der Waals surface area contributed by atoms with Gasteiger partial charge in [-0.15, -0.1) is 23.2 Å². The molecule has 0 aromatic carbocycles. The van der Waals surface area contributed by atoms with Crippen molar-refractivity contribution in [1.82, 2.24) is 0 Å². The number of carbonyl (C=O) groups excluding carboxylic acids is 2. The van der Waals surface area contributed by atoms with Crippen LogP contribution in [0.2, 0.25) is 0 Å². The summed E-state index contributed by atoms with van der Waals surface area (Å²) in [5, 5.41) is 22.9. The number of hydrogen-bond donors (Lipinski definition) is 2. The molecule has 4 rings (SSSR count). The summed E-state index contributed by atoms with van der Waals surface area (Å²) < 4.78 is 0. The molecule has 0 radical (unpaired) electrons. The standard InChI is InChI=1S/C22H28Cl2O4/c1-12-8-16-15-5-4-13-9-14(25)6-7-19(13,2)21(15,24)17(26)10-20(16,3)22(12,28)18(27)11-23/h6-7,9,12,15-17,26,28H,4-5,8,10-11H2,1-3H3/t12-,15+,16+,17+,19?,20+,21+,22+/m1/s1. The zero-order valence-corrected chi connectivity index (χ0v) is 18.1. The lowest BCUT2D eigenvalue weighted by Crippen LogP contribution is -2.68. The van der Waals surface area contributed by atoms with E-state index in [1.807, 2.05) is 26.8 Å². The van der Waals surface area contributed by atoms with Crippen LogP contribution in [0.25, 0.3) is 0 Å². The molecule has 1 unspecified atom stereocenters. The number of aliphatic hydroxyl groups excluding tert-OH is 1. The van der Waals surface area contributed by atoms with Crippen LogP contribution in [0, 0.1) is 28.6 Å². The summed E-state index contributed by atoms with van der Waals surface area (Å²) in [5.41, 5.74) is -2.01. The molecule has 154 valence electrons. The van der Waals surface area contributed by atoms with E-state index in [0.717, 1.165) is 18.4 Å². The molecule has 2 N–H and O–H groups in total. The first-order valence-corrected chi connectivity index (χ1v) is 11.0. The maximum Gasteiger partial charge on any atom is 0.179 e. The van der Waals surface area contributed by atoms with Gasteiger partial charge in [-0.05, 0) is 55.6 Å². The molecule has 0 bridgehead atoms. The largest absolute Gasteiger partial charge is 0.391 e. The van der Waals surface area contributed by atoms with E-state index in [2.05, 4.69) is 0 Å². The fourth-order valence-corrected chi connectivity index (χ4v) is 7.97. The molecule has 6 heteroatoms. The molecule has 4 aliphatic rings. The first kappa shape index (κ1) is 20.6. The highest BCUT2D eigenvalue weighted by atomic mass is 35.5. The van der Waals surface area contributed by atoms with Crippen molar-refractivity contribution in [3.63, 3.8) is 0 Å². The van der Waals surface area contributed by atoms with Gasteiger partial charge in [0.2, 0.25) is 0 Å². The van der Waals surface area contributed by atoms with Gasteiger partial charge in [0.1, 0.15) is 5.60 Å². The molecule has 4 nitrogen and oxygen atoms in total. The van der Waals surface area contributed by atoms with E-state index >= 15 is 0 Å². The van der Waals surface area contributed by atoms with Gasteiger partial charge in [-0.3, -0.25) is 9.59 Å². The highest BCUT2D eigenvalue weighted by Crippen LogP contribution is 2.71. The number of ketones is 2. The van der Waals surface area contributed by atoms with E-state index in [0.29, 0.717) is 6.42 Å².